The molecule has 1 aromatic carbocycles. The Morgan fingerprint density at radius 2 is 1.73 bits per heavy atom. The predicted molar refractivity (Wildman–Crippen MR) is 71.9 cm³/mol. The number of benzene rings is 1. The lowest BCUT2D eigenvalue weighted by molar-refractivity contribution is 0.689. The summed E-state index contributed by atoms with van der Waals surface area (Å²) in [5.74, 6) is 0. The molecule has 0 heterocycles. The van der Waals surface area contributed by atoms with Crippen LogP contribution in [0.3, 0.4) is 0 Å². The molecule has 0 nitrogen and oxygen atoms in total. The van der Waals surface area contributed by atoms with Gasteiger partial charge in [0, 0.05) is 4.83 Å². The molecule has 0 radical (unpaired) electrons. The van der Waals surface area contributed by atoms with E-state index in [9.17, 15) is 0 Å². The number of aryl methyl sites for hydroxylation is 3. The van der Waals surface area contributed by atoms with Crippen molar-refractivity contribution in [3.8, 4) is 0 Å². The van der Waals surface area contributed by atoms with Crippen molar-refractivity contribution in [1.29, 1.82) is 0 Å². The Morgan fingerprint density at radius 3 is 2.27 bits per heavy atom. The van der Waals surface area contributed by atoms with Gasteiger partial charge >= 0.3 is 0 Å². The number of halogens is 1. The van der Waals surface area contributed by atoms with Gasteiger partial charge in [-0.25, -0.2) is 0 Å². The van der Waals surface area contributed by atoms with Gasteiger partial charge in [-0.1, -0.05) is 52.2 Å². The summed E-state index contributed by atoms with van der Waals surface area (Å²) in [5.41, 5.74) is 4.26. The monoisotopic (exact) mass is 268 g/mol. The molecule has 0 aliphatic heterocycles. The molecule has 1 rings (SSSR count). The topological polar surface area (TPSA) is 0 Å². The first-order valence-electron chi connectivity index (χ1n) is 5.83. The van der Waals surface area contributed by atoms with Crippen LogP contribution in [0.1, 0.15) is 42.9 Å². The molecule has 0 saturated heterocycles. The molecule has 1 unspecified atom stereocenters. The number of hydrogen-bond donors (Lipinski definition) is 0. The first-order valence-corrected chi connectivity index (χ1v) is 6.74. The van der Waals surface area contributed by atoms with Crippen molar-refractivity contribution >= 4 is 15.9 Å². The van der Waals surface area contributed by atoms with Crippen LogP contribution in [0.25, 0.3) is 0 Å². The third-order valence-corrected chi connectivity index (χ3v) is 3.81. The number of hydrogen-bond acceptors (Lipinski definition) is 0. The quantitative estimate of drug-likeness (QED) is 0.673. The van der Waals surface area contributed by atoms with E-state index in [0.717, 1.165) is 0 Å². The van der Waals surface area contributed by atoms with Gasteiger partial charge in [0.05, 0.1) is 0 Å². The second kappa shape index (κ2) is 6.32. The summed E-state index contributed by atoms with van der Waals surface area (Å²) in [5, 5.41) is 0. The minimum Gasteiger partial charge on any atom is -0.0891 e. The van der Waals surface area contributed by atoms with Crippen LogP contribution in [-0.4, -0.2) is 4.83 Å². The highest BCUT2D eigenvalue weighted by atomic mass is 79.9. The van der Waals surface area contributed by atoms with Crippen molar-refractivity contribution < 1.29 is 0 Å². The van der Waals surface area contributed by atoms with Crippen LogP contribution in [-0.2, 0) is 6.42 Å². The van der Waals surface area contributed by atoms with Crippen molar-refractivity contribution in [2.75, 3.05) is 0 Å². The summed E-state index contributed by atoms with van der Waals surface area (Å²) in [4.78, 5) is 0.698. The predicted octanol–water partition coefficient (Wildman–Crippen LogP) is 4.80. The molecule has 84 valence electrons. The van der Waals surface area contributed by atoms with Gasteiger partial charge in [-0.2, -0.15) is 0 Å². The third-order valence-electron chi connectivity index (χ3n) is 2.71. The Hall–Kier alpha value is -0.300. The Kier molecular flexibility index (Phi) is 5.38. The minimum absolute atomic E-state index is 0.698. The zero-order valence-electron chi connectivity index (χ0n) is 10.0. The summed E-state index contributed by atoms with van der Waals surface area (Å²) < 4.78 is 0. The van der Waals surface area contributed by atoms with Gasteiger partial charge in [0.2, 0.25) is 0 Å². The van der Waals surface area contributed by atoms with Gasteiger partial charge in [0.1, 0.15) is 0 Å². The zero-order valence-corrected chi connectivity index (χ0v) is 11.6. The van der Waals surface area contributed by atoms with Gasteiger partial charge in [0.15, 0.2) is 0 Å². The Labute approximate surface area is 102 Å². The van der Waals surface area contributed by atoms with Crippen LogP contribution in [0.5, 0.6) is 0 Å². The van der Waals surface area contributed by atoms with Crippen molar-refractivity contribution in [1.82, 2.24) is 0 Å². The molecule has 0 bridgehead atoms. The molecule has 0 aliphatic carbocycles. The lowest BCUT2D eigenvalue weighted by Gasteiger charge is -2.07. The average molecular weight is 269 g/mol. The Bertz CT molecular complexity index is 284. The summed E-state index contributed by atoms with van der Waals surface area (Å²) in [6.45, 7) is 6.59. The molecule has 0 N–H and O–H groups in total. The lowest BCUT2D eigenvalue weighted by atomic mass is 10.0. The Balaban J connectivity index is 2.43. The van der Waals surface area contributed by atoms with Gasteiger partial charge in [0.25, 0.3) is 0 Å². The van der Waals surface area contributed by atoms with E-state index < -0.39 is 0 Å². The normalized spacial score (nSPS) is 12.8. The van der Waals surface area contributed by atoms with Gasteiger partial charge in [-0.15, -0.1) is 0 Å². The highest BCUT2D eigenvalue weighted by Crippen LogP contribution is 2.16. The largest absolute Gasteiger partial charge is 0.0891 e. The van der Waals surface area contributed by atoms with Crippen molar-refractivity contribution in [2.45, 2.75) is 51.3 Å². The van der Waals surface area contributed by atoms with E-state index in [4.69, 9.17) is 0 Å². The maximum absolute atomic E-state index is 3.68. The Morgan fingerprint density at radius 1 is 1.13 bits per heavy atom. The van der Waals surface area contributed by atoms with Gasteiger partial charge < -0.3 is 0 Å². The van der Waals surface area contributed by atoms with E-state index in [0.29, 0.717) is 4.83 Å². The fourth-order valence-corrected chi connectivity index (χ4v) is 2.27. The first kappa shape index (κ1) is 12.8. The van der Waals surface area contributed by atoms with Crippen LogP contribution in [0.4, 0.5) is 0 Å². The van der Waals surface area contributed by atoms with E-state index in [1.54, 1.807) is 0 Å². The third kappa shape index (κ3) is 4.83. The van der Waals surface area contributed by atoms with E-state index in [-0.39, 0.29) is 0 Å². The standard InChI is InChI=1S/C14H21Br/c1-4-14(15)7-5-6-13-9-11(2)8-12(3)10-13/h8-10,14H,4-7H2,1-3H3. The molecule has 1 atom stereocenters. The summed E-state index contributed by atoms with van der Waals surface area (Å²) in [6, 6.07) is 6.85. The highest BCUT2D eigenvalue weighted by Gasteiger charge is 2.01. The summed E-state index contributed by atoms with van der Waals surface area (Å²) in [6.07, 6.45) is 5.01. The van der Waals surface area contributed by atoms with Crippen LogP contribution in [0.2, 0.25) is 0 Å². The molecule has 1 aromatic rings. The maximum atomic E-state index is 3.68. The van der Waals surface area contributed by atoms with Gasteiger partial charge in [-0.05, 0) is 45.1 Å². The van der Waals surface area contributed by atoms with E-state index >= 15 is 0 Å². The van der Waals surface area contributed by atoms with Crippen molar-refractivity contribution in [2.24, 2.45) is 0 Å². The SMILES string of the molecule is CCC(Br)CCCc1cc(C)cc(C)c1. The average Bonchev–Trinajstić information content (AvgIpc) is 2.16. The molecule has 0 saturated carbocycles. The smallest absolute Gasteiger partial charge is 0.0143 e. The molecular weight excluding hydrogens is 248 g/mol. The molecule has 15 heavy (non-hydrogen) atoms. The van der Waals surface area contributed by atoms with E-state index in [1.165, 1.54) is 42.4 Å². The second-order valence-corrected chi connectivity index (χ2v) is 5.69. The molecule has 1 heteroatoms. The summed E-state index contributed by atoms with van der Waals surface area (Å²) in [7, 11) is 0. The zero-order chi connectivity index (χ0) is 11.3. The van der Waals surface area contributed by atoms with Crippen molar-refractivity contribution in [3.63, 3.8) is 0 Å². The lowest BCUT2D eigenvalue weighted by Crippen LogP contribution is -1.97. The molecule has 0 aromatic heterocycles. The molecule has 0 aliphatic rings. The van der Waals surface area contributed by atoms with Crippen LogP contribution >= 0.6 is 15.9 Å². The highest BCUT2D eigenvalue weighted by molar-refractivity contribution is 9.09. The number of alkyl halides is 1. The van der Waals surface area contributed by atoms with Crippen LogP contribution in [0, 0.1) is 13.8 Å². The molecule has 0 spiro atoms. The first-order chi connectivity index (χ1) is 7.11. The van der Waals surface area contributed by atoms with Crippen LogP contribution in [0.15, 0.2) is 18.2 Å². The second-order valence-electron chi connectivity index (χ2n) is 4.39. The molecular formula is C14H21Br. The summed E-state index contributed by atoms with van der Waals surface area (Å²) >= 11 is 3.68. The fourth-order valence-electron chi connectivity index (χ4n) is 1.95. The fraction of sp³-hybridized carbons (Fsp3) is 0.571. The van der Waals surface area contributed by atoms with Crippen molar-refractivity contribution in [3.05, 3.63) is 34.9 Å². The van der Waals surface area contributed by atoms with E-state index in [2.05, 4.69) is 54.9 Å². The van der Waals surface area contributed by atoms with E-state index in [1.807, 2.05) is 0 Å². The van der Waals surface area contributed by atoms with Crippen LogP contribution < -0.4 is 0 Å². The minimum atomic E-state index is 0.698. The molecule has 0 amide bonds. The maximum Gasteiger partial charge on any atom is 0.0143 e. The molecule has 0 fully saturated rings. The van der Waals surface area contributed by atoms with Gasteiger partial charge in [-0.3, -0.25) is 0 Å². The number of rotatable bonds is 5.